The maximum atomic E-state index is 12.7. The monoisotopic (exact) mass is 254 g/mol. The summed E-state index contributed by atoms with van der Waals surface area (Å²) >= 11 is 0. The molecule has 18 heavy (non-hydrogen) atoms. The highest BCUT2D eigenvalue weighted by atomic mass is 16.5. The molecule has 4 nitrogen and oxygen atoms in total. The van der Waals surface area contributed by atoms with Crippen molar-refractivity contribution in [1.29, 1.82) is 0 Å². The zero-order valence-electron chi connectivity index (χ0n) is 12.3. The Morgan fingerprint density at radius 1 is 1.11 bits per heavy atom. The third-order valence-corrected chi connectivity index (χ3v) is 3.87. The van der Waals surface area contributed by atoms with E-state index in [4.69, 9.17) is 4.74 Å². The van der Waals surface area contributed by atoms with E-state index < -0.39 is 0 Å². The summed E-state index contributed by atoms with van der Waals surface area (Å²) in [5.74, 6) is 0.275. The number of amides is 1. The van der Waals surface area contributed by atoms with Gasteiger partial charge < -0.3 is 15.0 Å². The van der Waals surface area contributed by atoms with E-state index in [1.54, 1.807) is 0 Å². The van der Waals surface area contributed by atoms with Gasteiger partial charge in [-0.2, -0.15) is 0 Å². The Hall–Kier alpha value is -0.610. The fourth-order valence-corrected chi connectivity index (χ4v) is 3.31. The first kappa shape index (κ1) is 13.8. The molecule has 2 aliphatic rings. The Balaban J connectivity index is 2.15. The Kier molecular flexibility index (Phi) is 3.23. The summed E-state index contributed by atoms with van der Waals surface area (Å²) in [5, 5.41) is 3.30. The van der Waals surface area contributed by atoms with Crippen LogP contribution in [0.4, 0.5) is 0 Å². The molecule has 104 valence electrons. The van der Waals surface area contributed by atoms with E-state index in [1.165, 1.54) is 0 Å². The number of ether oxygens (including phenoxy) is 1. The molecule has 1 unspecified atom stereocenters. The van der Waals surface area contributed by atoms with Crippen LogP contribution in [-0.4, -0.2) is 48.2 Å². The zero-order chi connectivity index (χ0) is 13.6. The number of hydrogen-bond donors (Lipinski definition) is 1. The molecule has 0 saturated carbocycles. The zero-order valence-corrected chi connectivity index (χ0v) is 12.3. The molecule has 0 bridgehead atoms. The van der Waals surface area contributed by atoms with Crippen LogP contribution in [0.15, 0.2) is 0 Å². The summed E-state index contributed by atoms with van der Waals surface area (Å²) in [6, 6.07) is 0. The average molecular weight is 254 g/mol. The van der Waals surface area contributed by atoms with Gasteiger partial charge in [-0.25, -0.2) is 0 Å². The molecule has 2 saturated heterocycles. The fourth-order valence-electron chi connectivity index (χ4n) is 3.31. The van der Waals surface area contributed by atoms with Crippen LogP contribution in [0.25, 0.3) is 0 Å². The lowest BCUT2D eigenvalue weighted by molar-refractivity contribution is -0.192. The molecule has 1 N–H and O–H groups in total. The first-order chi connectivity index (χ1) is 8.14. The van der Waals surface area contributed by atoms with Crippen molar-refractivity contribution in [3.8, 4) is 0 Å². The number of rotatable bonds is 1. The van der Waals surface area contributed by atoms with Crippen LogP contribution in [0.3, 0.4) is 0 Å². The van der Waals surface area contributed by atoms with Gasteiger partial charge in [-0.05, 0) is 47.6 Å². The number of nitrogens with zero attached hydrogens (tertiary/aromatic N) is 1. The first-order valence-corrected chi connectivity index (χ1v) is 6.84. The van der Waals surface area contributed by atoms with Crippen molar-refractivity contribution >= 4 is 5.91 Å². The predicted octanol–water partition coefficient (Wildman–Crippen LogP) is 1.40. The molecular weight excluding hydrogens is 228 g/mol. The maximum Gasteiger partial charge on any atom is 0.230 e. The van der Waals surface area contributed by atoms with Crippen molar-refractivity contribution < 1.29 is 9.53 Å². The van der Waals surface area contributed by atoms with Crippen molar-refractivity contribution in [2.75, 3.05) is 26.2 Å². The highest BCUT2D eigenvalue weighted by molar-refractivity contribution is 5.83. The third-order valence-electron chi connectivity index (χ3n) is 3.87. The van der Waals surface area contributed by atoms with E-state index in [9.17, 15) is 4.79 Å². The second-order valence-electron chi connectivity index (χ2n) is 7.27. The molecule has 4 heteroatoms. The molecule has 0 radical (unpaired) electrons. The topological polar surface area (TPSA) is 41.6 Å². The van der Waals surface area contributed by atoms with E-state index >= 15 is 0 Å². The molecule has 2 fully saturated rings. The van der Waals surface area contributed by atoms with Crippen LogP contribution < -0.4 is 5.32 Å². The van der Waals surface area contributed by atoms with Crippen molar-refractivity contribution in [2.24, 2.45) is 5.41 Å². The smallest absolute Gasteiger partial charge is 0.230 e. The summed E-state index contributed by atoms with van der Waals surface area (Å²) in [5.41, 5.74) is -0.761. The summed E-state index contributed by atoms with van der Waals surface area (Å²) in [7, 11) is 0. The lowest BCUT2D eigenvalue weighted by Crippen LogP contribution is -2.61. The van der Waals surface area contributed by atoms with Crippen molar-refractivity contribution in [3.05, 3.63) is 0 Å². The normalized spacial score (nSPS) is 34.6. The maximum absolute atomic E-state index is 12.7. The van der Waals surface area contributed by atoms with Crippen molar-refractivity contribution in [2.45, 2.75) is 52.2 Å². The largest absolute Gasteiger partial charge is 0.366 e. The molecule has 0 aromatic carbocycles. The highest BCUT2D eigenvalue weighted by Gasteiger charge is 2.45. The molecule has 2 aliphatic heterocycles. The lowest BCUT2D eigenvalue weighted by atomic mass is 9.86. The molecule has 2 rings (SSSR count). The quantitative estimate of drug-likeness (QED) is 0.769. The molecule has 1 atom stereocenters. The van der Waals surface area contributed by atoms with Gasteiger partial charge in [-0.3, -0.25) is 4.79 Å². The Labute approximate surface area is 110 Å². The molecule has 2 heterocycles. The van der Waals surface area contributed by atoms with Crippen LogP contribution in [0.5, 0.6) is 0 Å². The van der Waals surface area contributed by atoms with Gasteiger partial charge in [0.05, 0.1) is 16.6 Å². The standard InChI is InChI=1S/C14H26N2O2/c1-12(2)9-16(10-13(3,4)18-12)11(17)14(5)6-7-15-8-14/h15H,6-10H2,1-5H3. The molecular formula is C14H26N2O2. The molecule has 0 spiro atoms. The number of nitrogens with one attached hydrogen (secondary N) is 1. The predicted molar refractivity (Wildman–Crippen MR) is 71.4 cm³/mol. The van der Waals surface area contributed by atoms with Crippen LogP contribution in [0, 0.1) is 5.41 Å². The molecule has 0 aliphatic carbocycles. The SMILES string of the molecule is CC1(C)CN(C(=O)C2(C)CCNC2)CC(C)(C)O1. The van der Waals surface area contributed by atoms with E-state index in [1.807, 2.05) is 4.90 Å². The van der Waals surface area contributed by atoms with Gasteiger partial charge in [0.1, 0.15) is 0 Å². The minimum atomic E-state index is -0.264. The van der Waals surface area contributed by atoms with Gasteiger partial charge in [-0.15, -0.1) is 0 Å². The van der Waals surface area contributed by atoms with E-state index in [0.29, 0.717) is 13.1 Å². The second kappa shape index (κ2) is 4.20. The van der Waals surface area contributed by atoms with Crippen LogP contribution in [0.2, 0.25) is 0 Å². The van der Waals surface area contributed by atoms with E-state index in [2.05, 4.69) is 39.9 Å². The third kappa shape index (κ3) is 2.69. The van der Waals surface area contributed by atoms with E-state index in [-0.39, 0.29) is 22.5 Å². The van der Waals surface area contributed by atoms with Gasteiger partial charge in [0.15, 0.2) is 0 Å². The van der Waals surface area contributed by atoms with Crippen LogP contribution in [0.1, 0.15) is 41.0 Å². The fraction of sp³-hybridized carbons (Fsp3) is 0.929. The average Bonchev–Trinajstić information content (AvgIpc) is 2.60. The van der Waals surface area contributed by atoms with Gasteiger partial charge in [-0.1, -0.05) is 0 Å². The number of morpholine rings is 1. The number of carbonyl (C=O) groups excluding carboxylic acids is 1. The second-order valence-corrected chi connectivity index (χ2v) is 7.27. The minimum absolute atomic E-state index is 0.233. The van der Waals surface area contributed by atoms with Gasteiger partial charge in [0, 0.05) is 19.6 Å². The van der Waals surface area contributed by atoms with Crippen molar-refractivity contribution in [3.63, 3.8) is 0 Å². The number of hydrogen-bond acceptors (Lipinski definition) is 3. The van der Waals surface area contributed by atoms with E-state index in [0.717, 1.165) is 19.5 Å². The van der Waals surface area contributed by atoms with Crippen molar-refractivity contribution in [1.82, 2.24) is 10.2 Å². The summed E-state index contributed by atoms with van der Waals surface area (Å²) < 4.78 is 6.03. The van der Waals surface area contributed by atoms with Crippen LogP contribution in [-0.2, 0) is 9.53 Å². The Morgan fingerprint density at radius 3 is 2.11 bits per heavy atom. The molecule has 0 aromatic heterocycles. The highest BCUT2D eigenvalue weighted by Crippen LogP contribution is 2.33. The lowest BCUT2D eigenvalue weighted by Gasteiger charge is -2.48. The van der Waals surface area contributed by atoms with Crippen LogP contribution >= 0.6 is 0 Å². The number of carbonyl (C=O) groups is 1. The summed E-state index contributed by atoms with van der Waals surface area (Å²) in [6.07, 6.45) is 0.935. The molecule has 0 aromatic rings. The molecule has 1 amide bonds. The van der Waals surface area contributed by atoms with Gasteiger partial charge in [0.2, 0.25) is 5.91 Å². The van der Waals surface area contributed by atoms with Gasteiger partial charge >= 0.3 is 0 Å². The Bertz CT molecular complexity index is 328. The minimum Gasteiger partial charge on any atom is -0.366 e. The summed E-state index contributed by atoms with van der Waals surface area (Å²) in [6.45, 7) is 13.4. The summed E-state index contributed by atoms with van der Waals surface area (Å²) in [4.78, 5) is 14.7. The first-order valence-electron chi connectivity index (χ1n) is 6.84. The Morgan fingerprint density at radius 2 is 1.67 bits per heavy atom. The van der Waals surface area contributed by atoms with Gasteiger partial charge in [0.25, 0.3) is 0 Å².